The molecule has 180 valence electrons. The average Bonchev–Trinajstić information content (AvgIpc) is 3.19. The van der Waals surface area contributed by atoms with Crippen LogP contribution in [0.15, 0.2) is 71.1 Å². The number of unbranched alkanes of at least 4 members (excludes halogenated alkanes) is 1. The first-order valence-electron chi connectivity index (χ1n) is 11.8. The highest BCUT2D eigenvalue weighted by Gasteiger charge is 2.33. The second-order valence-electron chi connectivity index (χ2n) is 8.65. The fourth-order valence-electron chi connectivity index (χ4n) is 4.33. The molecule has 1 atom stereocenters. The average molecular weight is 498 g/mol. The minimum Gasteiger partial charge on any atom is -0.313 e. The van der Waals surface area contributed by atoms with E-state index in [9.17, 15) is 13.2 Å². The van der Waals surface area contributed by atoms with Crippen LogP contribution in [0.25, 0.3) is 10.2 Å². The third-order valence-electron chi connectivity index (χ3n) is 6.20. The fraction of sp³-hybridized carbons (Fsp3) is 0.385. The molecule has 0 radical (unpaired) electrons. The van der Waals surface area contributed by atoms with Crippen molar-refractivity contribution >= 4 is 37.5 Å². The van der Waals surface area contributed by atoms with Crippen LogP contribution in [0.1, 0.15) is 38.2 Å². The molecule has 34 heavy (non-hydrogen) atoms. The molecule has 1 fully saturated rings. The molecule has 2 aromatic carbocycles. The van der Waals surface area contributed by atoms with E-state index in [1.165, 1.54) is 21.2 Å². The van der Waals surface area contributed by atoms with Crippen LogP contribution in [-0.4, -0.2) is 36.3 Å². The molecular weight excluding hydrogens is 466 g/mol. The van der Waals surface area contributed by atoms with Crippen molar-refractivity contribution in [3.05, 3.63) is 71.6 Å². The Morgan fingerprint density at radius 3 is 2.76 bits per heavy atom. The number of nitrogens with zero attached hydrogens (tertiary/aromatic N) is 3. The van der Waals surface area contributed by atoms with Gasteiger partial charge in [-0.25, -0.2) is 8.42 Å². The largest absolute Gasteiger partial charge is 0.313 e. The van der Waals surface area contributed by atoms with Crippen LogP contribution >= 0.6 is 11.3 Å². The lowest BCUT2D eigenvalue weighted by molar-refractivity contribution is -0.122. The number of allylic oxidation sites excluding steroid dienone is 1. The van der Waals surface area contributed by atoms with Crippen molar-refractivity contribution in [3.8, 4) is 0 Å². The summed E-state index contributed by atoms with van der Waals surface area (Å²) in [6.07, 6.45) is 6.39. The van der Waals surface area contributed by atoms with Gasteiger partial charge in [-0.2, -0.15) is 9.30 Å². The van der Waals surface area contributed by atoms with E-state index in [1.807, 2.05) is 4.57 Å². The standard InChI is InChI=1S/C26H31N3O3S2/c1-3-5-10-20-14-15-23-24(18-20)33-26(29(23)16-4-2)27-25(30)21-11-9-17-28(19-21)34(31,32)22-12-7-6-8-13-22/h4,6-8,12-15,18,21H,2-3,5,9-11,16-17,19H2,1H3. The molecule has 8 heteroatoms. The summed E-state index contributed by atoms with van der Waals surface area (Å²) in [5.41, 5.74) is 2.32. The highest BCUT2D eigenvalue weighted by molar-refractivity contribution is 7.89. The van der Waals surface area contributed by atoms with Crippen molar-refractivity contribution < 1.29 is 13.2 Å². The maximum absolute atomic E-state index is 13.2. The zero-order valence-corrected chi connectivity index (χ0v) is 21.2. The van der Waals surface area contributed by atoms with Gasteiger partial charge in [-0.05, 0) is 55.5 Å². The first-order valence-corrected chi connectivity index (χ1v) is 14.1. The molecule has 0 N–H and O–H groups in total. The van der Waals surface area contributed by atoms with E-state index in [0.29, 0.717) is 30.7 Å². The molecular formula is C26H31N3O3S2. The van der Waals surface area contributed by atoms with Gasteiger partial charge in [-0.15, -0.1) is 6.58 Å². The molecule has 1 unspecified atom stereocenters. The van der Waals surface area contributed by atoms with E-state index in [1.54, 1.807) is 36.4 Å². The topological polar surface area (TPSA) is 71.7 Å². The Bertz CT molecular complexity index is 1340. The number of sulfonamides is 1. The van der Waals surface area contributed by atoms with Gasteiger partial charge >= 0.3 is 0 Å². The van der Waals surface area contributed by atoms with Gasteiger partial charge in [0.2, 0.25) is 10.0 Å². The molecule has 1 aliphatic heterocycles. The Balaban J connectivity index is 1.61. The molecule has 2 heterocycles. The minimum absolute atomic E-state index is 0.160. The zero-order valence-electron chi connectivity index (χ0n) is 19.5. The summed E-state index contributed by atoms with van der Waals surface area (Å²) in [4.78, 5) is 18.6. The number of fused-ring (bicyclic) bond motifs is 1. The summed E-state index contributed by atoms with van der Waals surface area (Å²) in [7, 11) is -3.63. The van der Waals surface area contributed by atoms with Gasteiger partial charge in [0.25, 0.3) is 5.91 Å². The Labute approximate surface area is 205 Å². The zero-order chi connectivity index (χ0) is 24.1. The van der Waals surface area contributed by atoms with Crippen molar-refractivity contribution in [1.29, 1.82) is 0 Å². The SMILES string of the molecule is C=CCn1c(=NC(=O)C2CCCN(S(=O)(=O)c3ccccc3)C2)sc2cc(CCCC)ccc21. The summed E-state index contributed by atoms with van der Waals surface area (Å²) in [6, 6.07) is 14.8. The number of aryl methyl sites for hydroxylation is 1. The molecule has 0 saturated carbocycles. The molecule has 1 saturated heterocycles. The second kappa shape index (κ2) is 10.8. The Hall–Kier alpha value is -2.55. The molecule has 0 bridgehead atoms. The smallest absolute Gasteiger partial charge is 0.252 e. The lowest BCUT2D eigenvalue weighted by atomic mass is 9.99. The maximum Gasteiger partial charge on any atom is 0.252 e. The lowest BCUT2D eigenvalue weighted by Gasteiger charge is -2.30. The van der Waals surface area contributed by atoms with Crippen molar-refractivity contribution in [1.82, 2.24) is 8.87 Å². The highest BCUT2D eigenvalue weighted by Crippen LogP contribution is 2.25. The van der Waals surface area contributed by atoms with Crippen LogP contribution in [0.2, 0.25) is 0 Å². The van der Waals surface area contributed by atoms with Gasteiger partial charge in [0.05, 0.1) is 21.0 Å². The summed E-state index contributed by atoms with van der Waals surface area (Å²) in [5.74, 6) is -0.710. The Morgan fingerprint density at radius 1 is 1.24 bits per heavy atom. The van der Waals surface area contributed by atoms with Crippen LogP contribution in [0.5, 0.6) is 0 Å². The van der Waals surface area contributed by atoms with Gasteiger partial charge in [0, 0.05) is 19.6 Å². The number of rotatable bonds is 8. The molecule has 0 spiro atoms. The monoisotopic (exact) mass is 497 g/mol. The van der Waals surface area contributed by atoms with E-state index in [4.69, 9.17) is 0 Å². The molecule has 1 aromatic heterocycles. The summed E-state index contributed by atoms with van der Waals surface area (Å²) in [6.45, 7) is 7.18. The van der Waals surface area contributed by atoms with Gasteiger partial charge in [0.1, 0.15) is 0 Å². The maximum atomic E-state index is 13.2. The molecule has 6 nitrogen and oxygen atoms in total. The van der Waals surface area contributed by atoms with Gasteiger partial charge in [-0.1, -0.05) is 55.0 Å². The molecule has 0 aliphatic carbocycles. The predicted molar refractivity (Wildman–Crippen MR) is 137 cm³/mol. The van der Waals surface area contributed by atoms with Crippen LogP contribution in [-0.2, 0) is 27.8 Å². The van der Waals surface area contributed by atoms with E-state index < -0.39 is 15.9 Å². The first-order chi connectivity index (χ1) is 16.4. The molecule has 4 rings (SSSR count). The van der Waals surface area contributed by atoms with Gasteiger partial charge in [0.15, 0.2) is 4.80 Å². The highest BCUT2D eigenvalue weighted by atomic mass is 32.2. The number of aromatic nitrogens is 1. The lowest BCUT2D eigenvalue weighted by Crippen LogP contribution is -2.42. The van der Waals surface area contributed by atoms with Crippen LogP contribution < -0.4 is 4.80 Å². The van der Waals surface area contributed by atoms with Gasteiger partial charge in [-0.3, -0.25) is 4.79 Å². The number of piperidine rings is 1. The van der Waals surface area contributed by atoms with Crippen LogP contribution in [0, 0.1) is 5.92 Å². The number of carbonyl (C=O) groups excluding carboxylic acids is 1. The van der Waals surface area contributed by atoms with Crippen molar-refractivity contribution in [2.24, 2.45) is 10.9 Å². The van der Waals surface area contributed by atoms with E-state index in [0.717, 1.165) is 29.5 Å². The third kappa shape index (κ3) is 5.24. The van der Waals surface area contributed by atoms with Crippen molar-refractivity contribution in [2.75, 3.05) is 13.1 Å². The quantitative estimate of drug-likeness (QED) is 0.421. The van der Waals surface area contributed by atoms with Crippen LogP contribution in [0.4, 0.5) is 0 Å². The Kier molecular flexibility index (Phi) is 7.80. The molecule has 1 aliphatic rings. The minimum atomic E-state index is -3.63. The fourth-order valence-corrected chi connectivity index (χ4v) is 6.99. The van der Waals surface area contributed by atoms with Crippen LogP contribution in [0.3, 0.4) is 0 Å². The molecule has 1 amide bonds. The van der Waals surface area contributed by atoms with E-state index in [-0.39, 0.29) is 17.3 Å². The summed E-state index contributed by atoms with van der Waals surface area (Å²) in [5, 5.41) is 0. The van der Waals surface area contributed by atoms with Crippen molar-refractivity contribution in [3.63, 3.8) is 0 Å². The predicted octanol–water partition coefficient (Wildman–Crippen LogP) is 4.76. The number of thiazole rings is 1. The first kappa shape index (κ1) is 24.6. The van der Waals surface area contributed by atoms with Crippen molar-refractivity contribution in [2.45, 2.75) is 50.5 Å². The number of amides is 1. The van der Waals surface area contributed by atoms with E-state index >= 15 is 0 Å². The second-order valence-corrected chi connectivity index (χ2v) is 11.6. The summed E-state index contributed by atoms with van der Waals surface area (Å²) >= 11 is 1.50. The van der Waals surface area contributed by atoms with Gasteiger partial charge < -0.3 is 4.57 Å². The summed E-state index contributed by atoms with van der Waals surface area (Å²) < 4.78 is 30.6. The normalized spacial score (nSPS) is 17.8. The Morgan fingerprint density at radius 2 is 2.03 bits per heavy atom. The number of hydrogen-bond acceptors (Lipinski definition) is 4. The van der Waals surface area contributed by atoms with E-state index in [2.05, 4.69) is 36.7 Å². The number of benzene rings is 2. The number of carbonyl (C=O) groups is 1. The molecule has 3 aromatic rings. The number of hydrogen-bond donors (Lipinski definition) is 0. The third-order valence-corrected chi connectivity index (χ3v) is 9.12.